The first-order valence-corrected chi connectivity index (χ1v) is 5.37. The van der Waals surface area contributed by atoms with Crippen molar-refractivity contribution in [3.63, 3.8) is 0 Å². The zero-order valence-electron chi connectivity index (χ0n) is 8.69. The van der Waals surface area contributed by atoms with Gasteiger partial charge in [0, 0.05) is 14.2 Å². The Kier molecular flexibility index (Phi) is 8.06. The standard InChI is InChI=1S/C8H15NO5S/c1-13-8(14-2)3-9-6(10)4-15-5-7(11)12/h8H,3-5H2,1-2H3,(H,9,10)(H,11,12). The van der Waals surface area contributed by atoms with Gasteiger partial charge in [0.2, 0.25) is 5.91 Å². The zero-order valence-corrected chi connectivity index (χ0v) is 9.50. The molecule has 0 heterocycles. The molecule has 0 unspecified atom stereocenters. The summed E-state index contributed by atoms with van der Waals surface area (Å²) in [6.07, 6.45) is -0.474. The van der Waals surface area contributed by atoms with Crippen LogP contribution in [0.4, 0.5) is 0 Å². The molecule has 1 amide bonds. The number of methoxy groups -OCH3 is 2. The van der Waals surface area contributed by atoms with Crippen molar-refractivity contribution in [2.24, 2.45) is 0 Å². The molecule has 6 nitrogen and oxygen atoms in total. The zero-order chi connectivity index (χ0) is 11.7. The van der Waals surface area contributed by atoms with E-state index < -0.39 is 12.3 Å². The summed E-state index contributed by atoms with van der Waals surface area (Å²) in [4.78, 5) is 21.3. The summed E-state index contributed by atoms with van der Waals surface area (Å²) in [5.74, 6) is -1.13. The monoisotopic (exact) mass is 237 g/mol. The second-order valence-corrected chi connectivity index (χ2v) is 3.58. The van der Waals surface area contributed by atoms with Crippen LogP contribution in [0.25, 0.3) is 0 Å². The molecule has 2 N–H and O–H groups in total. The van der Waals surface area contributed by atoms with E-state index >= 15 is 0 Å². The van der Waals surface area contributed by atoms with Crippen molar-refractivity contribution >= 4 is 23.6 Å². The van der Waals surface area contributed by atoms with Crippen LogP contribution in [-0.4, -0.2) is 55.5 Å². The molecule has 0 radical (unpaired) electrons. The number of rotatable bonds is 8. The molecule has 0 aliphatic heterocycles. The number of nitrogens with one attached hydrogen (secondary N) is 1. The largest absolute Gasteiger partial charge is 0.481 e. The van der Waals surface area contributed by atoms with Gasteiger partial charge in [0.05, 0.1) is 18.1 Å². The lowest BCUT2D eigenvalue weighted by atomic mass is 10.5. The molecular weight excluding hydrogens is 222 g/mol. The molecule has 88 valence electrons. The molecular formula is C8H15NO5S. The Morgan fingerprint density at radius 2 is 1.93 bits per heavy atom. The molecule has 0 aromatic rings. The fourth-order valence-electron chi connectivity index (χ4n) is 0.742. The summed E-state index contributed by atoms with van der Waals surface area (Å²) in [5, 5.41) is 10.9. The minimum Gasteiger partial charge on any atom is -0.481 e. The van der Waals surface area contributed by atoms with Gasteiger partial charge >= 0.3 is 5.97 Å². The van der Waals surface area contributed by atoms with Crippen molar-refractivity contribution in [2.45, 2.75) is 6.29 Å². The number of carbonyl (C=O) groups is 2. The third-order valence-electron chi connectivity index (χ3n) is 1.45. The summed E-state index contributed by atoms with van der Waals surface area (Å²) in [6.45, 7) is 0.249. The second kappa shape index (κ2) is 8.51. The van der Waals surface area contributed by atoms with Crippen molar-refractivity contribution < 1.29 is 24.2 Å². The molecule has 0 aliphatic carbocycles. The number of carboxylic acids is 1. The highest BCUT2D eigenvalue weighted by Crippen LogP contribution is 1.98. The van der Waals surface area contributed by atoms with Gasteiger partial charge in [-0.15, -0.1) is 11.8 Å². The first-order valence-electron chi connectivity index (χ1n) is 4.22. The second-order valence-electron chi connectivity index (χ2n) is 2.59. The molecule has 0 bridgehead atoms. The van der Waals surface area contributed by atoms with E-state index in [-0.39, 0.29) is 24.0 Å². The van der Waals surface area contributed by atoms with Crippen LogP contribution in [0, 0.1) is 0 Å². The Morgan fingerprint density at radius 1 is 1.33 bits per heavy atom. The van der Waals surface area contributed by atoms with E-state index in [1.165, 1.54) is 14.2 Å². The van der Waals surface area contributed by atoms with Crippen LogP contribution in [0.15, 0.2) is 0 Å². The smallest absolute Gasteiger partial charge is 0.313 e. The average Bonchev–Trinajstić information content (AvgIpc) is 2.18. The quantitative estimate of drug-likeness (QED) is 0.556. The van der Waals surface area contributed by atoms with E-state index in [9.17, 15) is 9.59 Å². The Balaban J connectivity index is 3.52. The van der Waals surface area contributed by atoms with Crippen LogP contribution in [0.1, 0.15) is 0 Å². The van der Waals surface area contributed by atoms with Crippen molar-refractivity contribution in [3.8, 4) is 0 Å². The van der Waals surface area contributed by atoms with Crippen molar-refractivity contribution in [1.29, 1.82) is 0 Å². The number of ether oxygens (including phenoxy) is 2. The third-order valence-corrected chi connectivity index (χ3v) is 2.37. The maximum Gasteiger partial charge on any atom is 0.313 e. The molecule has 0 fully saturated rings. The molecule has 0 atom stereocenters. The van der Waals surface area contributed by atoms with Gasteiger partial charge in [0.1, 0.15) is 0 Å². The summed E-state index contributed by atoms with van der Waals surface area (Å²) in [7, 11) is 2.94. The molecule has 0 aromatic carbocycles. The number of hydrogen-bond donors (Lipinski definition) is 2. The van der Waals surface area contributed by atoms with Crippen molar-refractivity contribution in [2.75, 3.05) is 32.3 Å². The number of carboxylic acid groups (broad SMARTS) is 1. The van der Waals surface area contributed by atoms with E-state index in [1.807, 2.05) is 0 Å². The van der Waals surface area contributed by atoms with E-state index in [2.05, 4.69) is 5.32 Å². The first kappa shape index (κ1) is 14.2. The molecule has 0 aromatic heterocycles. The lowest BCUT2D eigenvalue weighted by molar-refractivity contribution is -0.133. The van der Waals surface area contributed by atoms with Gasteiger partial charge in [-0.1, -0.05) is 0 Å². The van der Waals surface area contributed by atoms with Crippen molar-refractivity contribution in [3.05, 3.63) is 0 Å². The third kappa shape index (κ3) is 8.22. The van der Waals surface area contributed by atoms with E-state index in [1.54, 1.807) is 0 Å². The summed E-state index contributed by atoms with van der Waals surface area (Å²) >= 11 is 1.04. The van der Waals surface area contributed by atoms with Gasteiger partial charge < -0.3 is 19.9 Å². The maximum atomic E-state index is 11.1. The summed E-state index contributed by atoms with van der Waals surface area (Å²) in [6, 6.07) is 0. The van der Waals surface area contributed by atoms with Gasteiger partial charge in [-0.25, -0.2) is 0 Å². The lowest BCUT2D eigenvalue weighted by Crippen LogP contribution is -2.35. The van der Waals surface area contributed by atoms with Gasteiger partial charge in [-0.2, -0.15) is 0 Å². The van der Waals surface area contributed by atoms with E-state index in [0.717, 1.165) is 11.8 Å². The van der Waals surface area contributed by atoms with Gasteiger partial charge in [0.15, 0.2) is 6.29 Å². The number of thioether (sulfide) groups is 1. The van der Waals surface area contributed by atoms with Crippen LogP contribution >= 0.6 is 11.8 Å². The highest BCUT2D eigenvalue weighted by molar-refractivity contribution is 8.00. The van der Waals surface area contributed by atoms with Crippen LogP contribution in [0.3, 0.4) is 0 Å². The highest BCUT2D eigenvalue weighted by atomic mass is 32.2. The average molecular weight is 237 g/mol. The normalized spacial score (nSPS) is 10.3. The topological polar surface area (TPSA) is 84.9 Å². The van der Waals surface area contributed by atoms with Gasteiger partial charge in [-0.05, 0) is 0 Å². The van der Waals surface area contributed by atoms with Crippen LogP contribution in [-0.2, 0) is 19.1 Å². The van der Waals surface area contributed by atoms with Crippen LogP contribution in [0.5, 0.6) is 0 Å². The predicted molar refractivity (Wildman–Crippen MR) is 55.8 cm³/mol. The number of hydrogen-bond acceptors (Lipinski definition) is 5. The molecule has 7 heteroatoms. The number of carbonyl (C=O) groups excluding carboxylic acids is 1. The van der Waals surface area contributed by atoms with E-state index in [0.29, 0.717) is 0 Å². The van der Waals surface area contributed by atoms with Gasteiger partial charge in [0.25, 0.3) is 0 Å². The van der Waals surface area contributed by atoms with Crippen LogP contribution in [0.2, 0.25) is 0 Å². The Hall–Kier alpha value is -0.790. The fraction of sp³-hybridized carbons (Fsp3) is 0.750. The molecule has 0 rings (SSSR count). The van der Waals surface area contributed by atoms with Gasteiger partial charge in [-0.3, -0.25) is 9.59 Å². The summed E-state index contributed by atoms with van der Waals surface area (Å²) in [5.41, 5.74) is 0. The fourth-order valence-corrected chi connectivity index (χ4v) is 1.31. The highest BCUT2D eigenvalue weighted by Gasteiger charge is 2.08. The lowest BCUT2D eigenvalue weighted by Gasteiger charge is -2.13. The van der Waals surface area contributed by atoms with E-state index in [4.69, 9.17) is 14.6 Å². The Bertz CT molecular complexity index is 207. The molecule has 0 saturated heterocycles. The number of amides is 1. The predicted octanol–water partition coefficient (Wildman–Crippen LogP) is -0.461. The molecule has 0 spiro atoms. The summed E-state index contributed by atoms with van der Waals surface area (Å²) < 4.78 is 9.71. The van der Waals surface area contributed by atoms with Crippen LogP contribution < -0.4 is 5.32 Å². The molecule has 15 heavy (non-hydrogen) atoms. The maximum absolute atomic E-state index is 11.1. The molecule has 0 aliphatic rings. The Labute approximate surface area is 92.3 Å². The molecule has 0 saturated carbocycles. The first-order chi connectivity index (χ1) is 7.10. The SMILES string of the molecule is COC(CNC(=O)CSCC(=O)O)OC. The van der Waals surface area contributed by atoms with Crippen molar-refractivity contribution in [1.82, 2.24) is 5.32 Å². The minimum absolute atomic E-state index is 0.0780. The Morgan fingerprint density at radius 3 is 2.40 bits per heavy atom. The minimum atomic E-state index is -0.931. The number of aliphatic carboxylic acids is 1.